The van der Waals surface area contributed by atoms with Crippen molar-refractivity contribution in [2.75, 3.05) is 39.2 Å². The van der Waals surface area contributed by atoms with E-state index in [-0.39, 0.29) is 18.3 Å². The van der Waals surface area contributed by atoms with E-state index in [0.717, 1.165) is 28.2 Å². The van der Waals surface area contributed by atoms with E-state index in [4.69, 9.17) is 18.9 Å². The molecule has 2 heterocycles. The molecule has 0 saturated carbocycles. The zero-order chi connectivity index (χ0) is 33.5. The number of hydrogen-bond acceptors (Lipinski definition) is 8. The molecule has 1 saturated heterocycles. The molecule has 48 heavy (non-hydrogen) atoms. The number of amides is 1. The number of nitrogens with zero attached hydrogens (tertiary/aromatic N) is 2. The third kappa shape index (κ3) is 6.86. The fraction of sp³-hybridized carbons (Fsp3) is 0.237. The SMILES string of the molecule is COc1ccc(C(OC[C@@H]2CNC[C@H](n3cc(C)c(NC(=O)c4ccccc4)nc3=O)O2)(c2ccccc2)c2ccc(OC)cc2)cc1. The number of nitrogens with one attached hydrogen (secondary N) is 2. The number of carbonyl (C=O) groups excluding carboxylic acids is 1. The highest BCUT2D eigenvalue weighted by atomic mass is 16.6. The molecule has 1 aliphatic rings. The minimum atomic E-state index is -1.01. The van der Waals surface area contributed by atoms with Gasteiger partial charge in [0.25, 0.3) is 5.91 Å². The van der Waals surface area contributed by atoms with E-state index in [2.05, 4.69) is 15.6 Å². The third-order valence-electron chi connectivity index (χ3n) is 8.41. The van der Waals surface area contributed by atoms with Crippen LogP contribution in [-0.2, 0) is 15.1 Å². The number of aryl methyl sites for hydroxylation is 1. The van der Waals surface area contributed by atoms with Crippen molar-refractivity contribution in [3.8, 4) is 11.5 Å². The van der Waals surface area contributed by atoms with Crippen LogP contribution in [0.2, 0.25) is 0 Å². The second-order valence-electron chi connectivity index (χ2n) is 11.5. The summed E-state index contributed by atoms with van der Waals surface area (Å²) in [5, 5.41) is 6.14. The molecule has 5 aromatic rings. The van der Waals surface area contributed by atoms with Crippen LogP contribution in [0.1, 0.15) is 38.8 Å². The molecule has 0 aliphatic carbocycles. The number of rotatable bonds is 11. The monoisotopic (exact) mass is 646 g/mol. The van der Waals surface area contributed by atoms with Crippen LogP contribution in [-0.4, -0.2) is 55.5 Å². The quantitative estimate of drug-likeness (QED) is 0.186. The number of aromatic nitrogens is 2. The normalized spacial score (nSPS) is 16.2. The van der Waals surface area contributed by atoms with Gasteiger partial charge < -0.3 is 29.6 Å². The maximum atomic E-state index is 13.2. The van der Waals surface area contributed by atoms with Crippen molar-refractivity contribution < 1.29 is 23.7 Å². The van der Waals surface area contributed by atoms with Crippen molar-refractivity contribution in [1.82, 2.24) is 14.9 Å². The van der Waals surface area contributed by atoms with Crippen molar-refractivity contribution >= 4 is 11.7 Å². The molecule has 0 unspecified atom stereocenters. The Labute approximate surface area is 279 Å². The summed E-state index contributed by atoms with van der Waals surface area (Å²) in [6.45, 7) is 2.90. The molecule has 0 bridgehead atoms. The van der Waals surface area contributed by atoms with Gasteiger partial charge in [0, 0.05) is 30.4 Å². The Morgan fingerprint density at radius 2 is 1.42 bits per heavy atom. The first-order chi connectivity index (χ1) is 23.4. The molecule has 10 nitrogen and oxygen atoms in total. The molecule has 1 amide bonds. The topological polar surface area (TPSA) is 113 Å². The molecule has 2 atom stereocenters. The largest absolute Gasteiger partial charge is 0.497 e. The highest BCUT2D eigenvalue weighted by Crippen LogP contribution is 2.42. The standard InChI is InChI=1S/C38H38N4O6/c1-26-24-42(37(44)41-35(26)40-36(43)27-10-6-4-7-11-27)34-23-39-22-33(48-34)25-47-38(28-12-8-5-9-13-28,29-14-18-31(45-2)19-15-29)30-16-20-32(46-3)21-17-30/h4-21,24,33-34,39H,22-23,25H2,1-3H3,(H,40,41,43,44)/t33-,34+/m0/s1. The molecule has 1 fully saturated rings. The van der Waals surface area contributed by atoms with Gasteiger partial charge in [-0.1, -0.05) is 72.8 Å². The van der Waals surface area contributed by atoms with E-state index >= 15 is 0 Å². The molecule has 2 N–H and O–H groups in total. The van der Waals surface area contributed by atoms with Crippen LogP contribution < -0.4 is 25.8 Å². The first-order valence-electron chi connectivity index (χ1n) is 15.7. The zero-order valence-electron chi connectivity index (χ0n) is 27.1. The first-order valence-corrected chi connectivity index (χ1v) is 15.7. The van der Waals surface area contributed by atoms with Crippen LogP contribution in [0, 0.1) is 6.92 Å². The summed E-state index contributed by atoms with van der Waals surface area (Å²) in [5.74, 6) is 1.34. The molecule has 1 aromatic heterocycles. The Morgan fingerprint density at radius 3 is 2.00 bits per heavy atom. The third-order valence-corrected chi connectivity index (χ3v) is 8.41. The zero-order valence-corrected chi connectivity index (χ0v) is 27.1. The van der Waals surface area contributed by atoms with Crippen LogP contribution in [0.25, 0.3) is 0 Å². The van der Waals surface area contributed by atoms with E-state index in [1.165, 1.54) is 4.57 Å². The van der Waals surface area contributed by atoms with Gasteiger partial charge in [0.1, 0.15) is 22.9 Å². The summed E-state index contributed by atoms with van der Waals surface area (Å²) in [5.41, 5.74) is 2.30. The van der Waals surface area contributed by atoms with Crippen LogP contribution in [0.5, 0.6) is 11.5 Å². The van der Waals surface area contributed by atoms with Crippen molar-refractivity contribution in [2.45, 2.75) is 24.9 Å². The highest BCUT2D eigenvalue weighted by Gasteiger charge is 2.39. The van der Waals surface area contributed by atoms with Crippen molar-refractivity contribution in [2.24, 2.45) is 0 Å². The molecular weight excluding hydrogens is 608 g/mol. The lowest BCUT2D eigenvalue weighted by Gasteiger charge is -2.39. The Bertz CT molecular complexity index is 1830. The van der Waals surface area contributed by atoms with Gasteiger partial charge in [0.15, 0.2) is 6.23 Å². The number of benzene rings is 4. The number of carbonyl (C=O) groups is 1. The summed E-state index contributed by atoms with van der Waals surface area (Å²) >= 11 is 0. The van der Waals surface area contributed by atoms with Gasteiger partial charge in [-0.15, -0.1) is 0 Å². The Kier molecular flexibility index (Phi) is 9.96. The number of ether oxygens (including phenoxy) is 4. The Hall–Kier alpha value is -5.29. The Balaban J connectivity index is 1.27. The van der Waals surface area contributed by atoms with E-state index in [0.29, 0.717) is 24.2 Å². The molecule has 246 valence electrons. The summed E-state index contributed by atoms with van der Waals surface area (Å²) in [7, 11) is 3.28. The molecule has 4 aromatic carbocycles. The average Bonchev–Trinajstić information content (AvgIpc) is 3.14. The van der Waals surface area contributed by atoms with Gasteiger partial charge in [0.2, 0.25) is 0 Å². The van der Waals surface area contributed by atoms with Crippen molar-refractivity contribution in [3.05, 3.63) is 154 Å². The van der Waals surface area contributed by atoms with E-state index in [1.54, 1.807) is 51.6 Å². The smallest absolute Gasteiger partial charge is 0.351 e. The molecule has 1 aliphatic heterocycles. The van der Waals surface area contributed by atoms with Crippen LogP contribution >= 0.6 is 0 Å². The van der Waals surface area contributed by atoms with Gasteiger partial charge in [-0.05, 0) is 60.0 Å². The number of morpholine rings is 1. The van der Waals surface area contributed by atoms with Gasteiger partial charge in [0.05, 0.1) is 26.9 Å². The first kappa shape index (κ1) is 32.6. The fourth-order valence-electron chi connectivity index (χ4n) is 5.91. The van der Waals surface area contributed by atoms with Gasteiger partial charge in [-0.25, -0.2) is 4.79 Å². The van der Waals surface area contributed by atoms with Crippen LogP contribution in [0.4, 0.5) is 5.82 Å². The molecular formula is C38H38N4O6. The van der Waals surface area contributed by atoms with Gasteiger partial charge in [-0.3, -0.25) is 9.36 Å². The predicted molar refractivity (Wildman–Crippen MR) is 183 cm³/mol. The van der Waals surface area contributed by atoms with Gasteiger partial charge >= 0.3 is 5.69 Å². The van der Waals surface area contributed by atoms with Crippen molar-refractivity contribution in [3.63, 3.8) is 0 Å². The van der Waals surface area contributed by atoms with Gasteiger partial charge in [-0.2, -0.15) is 4.98 Å². The second kappa shape index (κ2) is 14.6. The lowest BCUT2D eigenvalue weighted by molar-refractivity contribution is -0.127. The molecule has 6 rings (SSSR count). The van der Waals surface area contributed by atoms with E-state index < -0.39 is 23.6 Å². The molecule has 0 spiro atoms. The summed E-state index contributed by atoms with van der Waals surface area (Å²) < 4.78 is 25.9. The number of hydrogen-bond donors (Lipinski definition) is 2. The second-order valence-corrected chi connectivity index (χ2v) is 11.5. The number of anilines is 1. The van der Waals surface area contributed by atoms with Crippen molar-refractivity contribution in [1.29, 1.82) is 0 Å². The van der Waals surface area contributed by atoms with Crippen LogP contribution in [0.3, 0.4) is 0 Å². The van der Waals surface area contributed by atoms with Crippen LogP contribution in [0.15, 0.2) is 120 Å². The summed E-state index contributed by atoms with van der Waals surface area (Å²) in [6, 6.07) is 34.5. The van der Waals surface area contributed by atoms with E-state index in [1.807, 2.05) is 84.9 Å². The molecule has 0 radical (unpaired) electrons. The lowest BCUT2D eigenvalue weighted by Crippen LogP contribution is -2.48. The lowest BCUT2D eigenvalue weighted by atomic mass is 9.80. The fourth-order valence-corrected chi connectivity index (χ4v) is 5.91. The maximum absolute atomic E-state index is 13.2. The predicted octanol–water partition coefficient (Wildman–Crippen LogP) is 5.32. The Morgan fingerprint density at radius 1 is 0.854 bits per heavy atom. The highest BCUT2D eigenvalue weighted by molar-refractivity contribution is 6.04. The number of methoxy groups -OCH3 is 2. The molecule has 10 heteroatoms. The minimum absolute atomic E-state index is 0.197. The summed E-state index contributed by atoms with van der Waals surface area (Å²) in [4.78, 5) is 30.1. The van der Waals surface area contributed by atoms with E-state index in [9.17, 15) is 9.59 Å². The maximum Gasteiger partial charge on any atom is 0.351 e. The summed E-state index contributed by atoms with van der Waals surface area (Å²) in [6.07, 6.45) is 0.611. The minimum Gasteiger partial charge on any atom is -0.497 e. The average molecular weight is 647 g/mol.